The van der Waals surface area contributed by atoms with Gasteiger partial charge < -0.3 is 0 Å². The fourth-order valence-electron chi connectivity index (χ4n) is 8.13. The third kappa shape index (κ3) is 4.16. The van der Waals surface area contributed by atoms with E-state index in [1.807, 2.05) is 22.7 Å². The molecule has 0 aliphatic rings. The maximum Gasteiger partial charge on any atom is 0.0534 e. The van der Waals surface area contributed by atoms with E-state index in [-0.39, 0.29) is 0 Å². The van der Waals surface area contributed by atoms with Gasteiger partial charge in [-0.25, -0.2) is 0 Å². The molecular formula is C48H28S2. The van der Waals surface area contributed by atoms with Crippen molar-refractivity contribution in [3.63, 3.8) is 0 Å². The van der Waals surface area contributed by atoms with Crippen LogP contribution < -0.4 is 0 Å². The summed E-state index contributed by atoms with van der Waals surface area (Å²) in [6.45, 7) is 0. The van der Waals surface area contributed by atoms with Crippen LogP contribution >= 0.6 is 22.7 Å². The summed E-state index contributed by atoms with van der Waals surface area (Å²) < 4.78 is 5.51. The van der Waals surface area contributed by atoms with Gasteiger partial charge in [-0.05, 0) is 90.0 Å². The van der Waals surface area contributed by atoms with Crippen molar-refractivity contribution >= 4 is 95.3 Å². The Morgan fingerprint density at radius 2 is 0.700 bits per heavy atom. The standard InChI is InChI=1S/C48H28S2/c1-2-10-29(11-3-1)45-37-13-4-6-15-39(37)46(40-16-7-5-14-38(40)45)34-21-20-30-26-31(18-19-32(30)27-34)33-22-23-36-42-25-24-41-35-12-8-9-17-43(35)49-47(41)48(42)50-44(36)28-33/h1-28H. The minimum atomic E-state index is 1.25. The summed E-state index contributed by atoms with van der Waals surface area (Å²) in [5.41, 5.74) is 7.60. The molecule has 0 amide bonds. The van der Waals surface area contributed by atoms with Crippen molar-refractivity contribution in [3.8, 4) is 33.4 Å². The normalized spacial score (nSPS) is 12.0. The van der Waals surface area contributed by atoms with Crippen LogP contribution in [0.4, 0.5) is 0 Å². The molecule has 0 fully saturated rings. The summed E-state index contributed by atoms with van der Waals surface area (Å²) in [6.07, 6.45) is 0. The van der Waals surface area contributed by atoms with E-state index < -0.39 is 0 Å². The Labute approximate surface area is 297 Å². The highest BCUT2D eigenvalue weighted by molar-refractivity contribution is 7.33. The number of rotatable bonds is 3. The molecule has 0 saturated carbocycles. The lowest BCUT2D eigenvalue weighted by Crippen LogP contribution is -1.90. The molecule has 2 aromatic heterocycles. The van der Waals surface area contributed by atoms with Crippen molar-refractivity contribution in [1.82, 2.24) is 0 Å². The molecule has 0 aliphatic carbocycles. The molecule has 0 radical (unpaired) electrons. The van der Waals surface area contributed by atoms with Crippen molar-refractivity contribution in [1.29, 1.82) is 0 Å². The molecule has 11 rings (SSSR count). The predicted molar refractivity (Wildman–Crippen MR) is 221 cm³/mol. The number of thiophene rings is 2. The lowest BCUT2D eigenvalue weighted by Gasteiger charge is -2.18. The van der Waals surface area contributed by atoms with Crippen LogP contribution in [0.1, 0.15) is 0 Å². The molecule has 11 aromatic rings. The number of hydrogen-bond acceptors (Lipinski definition) is 2. The molecule has 0 unspecified atom stereocenters. The molecule has 0 N–H and O–H groups in total. The van der Waals surface area contributed by atoms with Gasteiger partial charge in [-0.3, -0.25) is 0 Å². The van der Waals surface area contributed by atoms with E-state index in [9.17, 15) is 0 Å². The highest BCUT2D eigenvalue weighted by Crippen LogP contribution is 2.46. The SMILES string of the molecule is c1ccc(-c2c3ccccc3c(-c3ccc4cc(-c5ccc6c(c5)sc5c6ccc6c7ccccc7sc65)ccc4c3)c3ccccc23)cc1. The van der Waals surface area contributed by atoms with Gasteiger partial charge in [0.05, 0.1) is 9.40 Å². The summed E-state index contributed by atoms with van der Waals surface area (Å²) in [5.74, 6) is 0. The summed E-state index contributed by atoms with van der Waals surface area (Å²) in [4.78, 5) is 0. The first-order valence-electron chi connectivity index (χ1n) is 17.1. The zero-order valence-electron chi connectivity index (χ0n) is 27.0. The maximum absolute atomic E-state index is 2.39. The monoisotopic (exact) mass is 668 g/mol. The number of benzene rings is 9. The fourth-order valence-corrected chi connectivity index (χ4v) is 10.7. The molecule has 2 heterocycles. The molecule has 9 aromatic carbocycles. The minimum absolute atomic E-state index is 1.25. The Balaban J connectivity index is 1.04. The van der Waals surface area contributed by atoms with Crippen LogP contribution in [0.2, 0.25) is 0 Å². The molecule has 0 aliphatic heterocycles. The smallest absolute Gasteiger partial charge is 0.0534 e. The molecule has 0 nitrogen and oxygen atoms in total. The van der Waals surface area contributed by atoms with E-state index in [1.54, 1.807) is 0 Å². The van der Waals surface area contributed by atoms with Crippen molar-refractivity contribution in [2.75, 3.05) is 0 Å². The second kappa shape index (κ2) is 10.9. The van der Waals surface area contributed by atoms with Crippen LogP contribution in [0.3, 0.4) is 0 Å². The molecule has 0 saturated heterocycles. The molecule has 232 valence electrons. The second-order valence-corrected chi connectivity index (χ2v) is 15.3. The Kier molecular flexibility index (Phi) is 6.09. The van der Waals surface area contributed by atoms with Gasteiger partial charge in [0.15, 0.2) is 0 Å². The van der Waals surface area contributed by atoms with Crippen LogP contribution in [0.5, 0.6) is 0 Å². The van der Waals surface area contributed by atoms with E-state index in [1.165, 1.54) is 106 Å². The topological polar surface area (TPSA) is 0 Å². The fraction of sp³-hybridized carbons (Fsp3) is 0. The highest BCUT2D eigenvalue weighted by atomic mass is 32.1. The molecule has 0 spiro atoms. The number of fused-ring (bicyclic) bond motifs is 10. The highest BCUT2D eigenvalue weighted by Gasteiger charge is 2.17. The van der Waals surface area contributed by atoms with E-state index >= 15 is 0 Å². The van der Waals surface area contributed by atoms with Gasteiger partial charge in [0.2, 0.25) is 0 Å². The van der Waals surface area contributed by atoms with Crippen LogP contribution in [-0.4, -0.2) is 0 Å². The van der Waals surface area contributed by atoms with E-state index in [0.717, 1.165) is 0 Å². The van der Waals surface area contributed by atoms with Gasteiger partial charge in [-0.2, -0.15) is 0 Å². The van der Waals surface area contributed by atoms with E-state index in [0.29, 0.717) is 0 Å². The van der Waals surface area contributed by atoms with Crippen LogP contribution in [0, 0.1) is 0 Å². The average Bonchev–Trinajstić information content (AvgIpc) is 3.75. The Morgan fingerprint density at radius 3 is 1.36 bits per heavy atom. The molecule has 2 heteroatoms. The first-order valence-corrected chi connectivity index (χ1v) is 18.7. The van der Waals surface area contributed by atoms with Gasteiger partial charge in [0.1, 0.15) is 0 Å². The zero-order valence-corrected chi connectivity index (χ0v) is 28.6. The number of hydrogen-bond donors (Lipinski definition) is 0. The summed E-state index contributed by atoms with van der Waals surface area (Å²) in [6, 6.07) is 63.0. The first-order chi connectivity index (χ1) is 24.8. The Bertz CT molecular complexity index is 3080. The van der Waals surface area contributed by atoms with Gasteiger partial charge in [-0.1, -0.05) is 146 Å². The zero-order chi connectivity index (χ0) is 32.8. The molecular weight excluding hydrogens is 641 g/mol. The van der Waals surface area contributed by atoms with Crippen LogP contribution in [-0.2, 0) is 0 Å². The third-order valence-electron chi connectivity index (χ3n) is 10.4. The lowest BCUT2D eigenvalue weighted by molar-refractivity contribution is 1.66. The van der Waals surface area contributed by atoms with Gasteiger partial charge in [0, 0.05) is 30.9 Å². The van der Waals surface area contributed by atoms with Crippen molar-refractivity contribution in [3.05, 3.63) is 170 Å². The summed E-state index contributed by atoms with van der Waals surface area (Å²) >= 11 is 3.85. The minimum Gasteiger partial charge on any atom is -0.134 e. The van der Waals surface area contributed by atoms with Crippen LogP contribution in [0.15, 0.2) is 170 Å². The largest absolute Gasteiger partial charge is 0.134 e. The summed E-state index contributed by atoms with van der Waals surface area (Å²) in [7, 11) is 0. The van der Waals surface area contributed by atoms with E-state index in [4.69, 9.17) is 0 Å². The first kappa shape index (κ1) is 28.1. The predicted octanol–water partition coefficient (Wildman–Crippen LogP) is 14.9. The summed E-state index contributed by atoms with van der Waals surface area (Å²) in [5, 5.41) is 13.1. The average molecular weight is 669 g/mol. The maximum atomic E-state index is 2.39. The van der Waals surface area contributed by atoms with Gasteiger partial charge in [-0.15, -0.1) is 22.7 Å². The van der Waals surface area contributed by atoms with Gasteiger partial charge in [0.25, 0.3) is 0 Å². The van der Waals surface area contributed by atoms with Gasteiger partial charge >= 0.3 is 0 Å². The molecule has 50 heavy (non-hydrogen) atoms. The quantitative estimate of drug-likeness (QED) is 0.164. The Morgan fingerprint density at radius 1 is 0.260 bits per heavy atom. The van der Waals surface area contributed by atoms with E-state index in [2.05, 4.69) is 170 Å². The van der Waals surface area contributed by atoms with Crippen molar-refractivity contribution in [2.45, 2.75) is 0 Å². The molecule has 0 bridgehead atoms. The van der Waals surface area contributed by atoms with Crippen molar-refractivity contribution in [2.24, 2.45) is 0 Å². The second-order valence-electron chi connectivity index (χ2n) is 13.2. The Hall–Kier alpha value is -5.80. The lowest BCUT2D eigenvalue weighted by atomic mass is 9.85. The van der Waals surface area contributed by atoms with Crippen molar-refractivity contribution < 1.29 is 0 Å². The molecule has 0 atom stereocenters. The third-order valence-corrected chi connectivity index (χ3v) is 13.0. The van der Waals surface area contributed by atoms with Crippen LogP contribution in [0.25, 0.3) is 106 Å².